The molecule has 1 N–H and O–H groups in total. The van der Waals surface area contributed by atoms with E-state index in [0.717, 1.165) is 43.3 Å². The molecule has 9 atom stereocenters. The number of hydrogen-bond acceptors (Lipinski definition) is 6. The van der Waals surface area contributed by atoms with Gasteiger partial charge in [-0.25, -0.2) is 0 Å². The van der Waals surface area contributed by atoms with Crippen LogP contribution in [0.2, 0.25) is 0 Å². The maximum absolute atomic E-state index is 13.8. The van der Waals surface area contributed by atoms with Crippen LogP contribution in [0.5, 0.6) is 0 Å². The third kappa shape index (κ3) is 3.95. The molecule has 0 amide bonds. The summed E-state index contributed by atoms with van der Waals surface area (Å²) in [4.78, 5) is 13.8. The van der Waals surface area contributed by atoms with Crippen molar-refractivity contribution in [2.75, 3.05) is 0 Å². The van der Waals surface area contributed by atoms with E-state index in [1.165, 1.54) is 0 Å². The first kappa shape index (κ1) is 28.1. The van der Waals surface area contributed by atoms with Crippen molar-refractivity contribution >= 4 is 5.78 Å². The molecule has 2 saturated heterocycles. The molecule has 0 aromatic rings. The number of rotatable bonds is 4. The summed E-state index contributed by atoms with van der Waals surface area (Å²) in [5, 5.41) is 12.7. The summed E-state index contributed by atoms with van der Waals surface area (Å²) in [6.07, 6.45) is 9.64. The zero-order valence-corrected chi connectivity index (χ0v) is 25.6. The lowest BCUT2D eigenvalue weighted by molar-refractivity contribution is -0.184. The van der Waals surface area contributed by atoms with Gasteiger partial charge in [0.15, 0.2) is 17.4 Å². The lowest BCUT2D eigenvalue weighted by atomic mass is 9.49. The number of carbonyl (C=O) groups is 1. The summed E-state index contributed by atoms with van der Waals surface area (Å²) in [6, 6.07) is 0. The molecule has 6 rings (SSSR count). The number of fused-ring (bicyclic) bond motifs is 6. The van der Waals surface area contributed by atoms with Gasteiger partial charge in [-0.2, -0.15) is 0 Å². The van der Waals surface area contributed by atoms with E-state index in [0.29, 0.717) is 18.8 Å². The molecule has 218 valence electrons. The zero-order valence-electron chi connectivity index (χ0n) is 25.6. The molecule has 0 spiro atoms. The van der Waals surface area contributed by atoms with Crippen LogP contribution >= 0.6 is 0 Å². The quantitative estimate of drug-likeness (QED) is 0.452. The van der Waals surface area contributed by atoms with Gasteiger partial charge < -0.3 is 24.1 Å². The molecule has 0 aromatic heterocycles. The van der Waals surface area contributed by atoms with Gasteiger partial charge in [0.2, 0.25) is 0 Å². The Morgan fingerprint density at radius 1 is 0.974 bits per heavy atom. The van der Waals surface area contributed by atoms with Gasteiger partial charge in [0.1, 0.15) is 0 Å². The molecule has 0 bridgehead atoms. The Hall–Kier alpha value is -1.05. The first-order chi connectivity index (χ1) is 17.9. The van der Waals surface area contributed by atoms with Crippen molar-refractivity contribution in [3.05, 3.63) is 23.3 Å². The molecule has 4 fully saturated rings. The summed E-state index contributed by atoms with van der Waals surface area (Å²) in [6.45, 7) is 19.1. The Morgan fingerprint density at radius 2 is 1.67 bits per heavy atom. The van der Waals surface area contributed by atoms with Crippen LogP contribution in [0, 0.1) is 28.6 Å². The lowest BCUT2D eigenvalue weighted by Crippen LogP contribution is -2.59. The largest absolute Gasteiger partial charge is 0.385 e. The van der Waals surface area contributed by atoms with Crippen LogP contribution in [0.15, 0.2) is 23.3 Å². The van der Waals surface area contributed by atoms with Crippen molar-refractivity contribution < 1.29 is 28.8 Å². The number of allylic oxidation sites excluding steroid dienone is 2. The van der Waals surface area contributed by atoms with E-state index in [9.17, 15) is 9.90 Å². The average Bonchev–Trinajstić information content (AvgIpc) is 3.35. The summed E-state index contributed by atoms with van der Waals surface area (Å²) in [5.41, 5.74) is -0.444. The van der Waals surface area contributed by atoms with E-state index in [1.54, 1.807) is 6.08 Å². The van der Waals surface area contributed by atoms with Gasteiger partial charge in [0.25, 0.3) is 0 Å². The molecule has 2 heterocycles. The fraction of sp³-hybridized carbons (Fsp3) is 0.848. The minimum atomic E-state index is -1.09. The van der Waals surface area contributed by atoms with Gasteiger partial charge in [0, 0.05) is 16.7 Å². The van der Waals surface area contributed by atoms with Crippen LogP contribution in [0.4, 0.5) is 0 Å². The third-order valence-corrected chi connectivity index (χ3v) is 11.6. The number of ether oxygens (including phenoxy) is 4. The summed E-state index contributed by atoms with van der Waals surface area (Å²) in [7, 11) is 0. The Kier molecular flexibility index (Phi) is 6.12. The van der Waals surface area contributed by atoms with E-state index in [4.69, 9.17) is 18.9 Å². The van der Waals surface area contributed by atoms with E-state index in [2.05, 4.69) is 40.7 Å². The monoisotopic (exact) mass is 542 g/mol. The first-order valence-corrected chi connectivity index (χ1v) is 15.4. The predicted octanol–water partition coefficient (Wildman–Crippen LogP) is 6.26. The zero-order chi connectivity index (χ0) is 28.4. The van der Waals surface area contributed by atoms with E-state index < -0.39 is 28.2 Å². The Balaban J connectivity index is 1.36. The van der Waals surface area contributed by atoms with Crippen LogP contribution in [0.1, 0.15) is 107 Å². The number of aliphatic hydroxyl groups is 1. The molecule has 0 unspecified atom stereocenters. The van der Waals surface area contributed by atoms with Gasteiger partial charge in [-0.3, -0.25) is 4.79 Å². The molecule has 6 aliphatic rings. The Bertz CT molecular complexity index is 1120. The molecule has 4 aliphatic carbocycles. The van der Waals surface area contributed by atoms with Crippen molar-refractivity contribution in [1.29, 1.82) is 0 Å². The van der Waals surface area contributed by atoms with Gasteiger partial charge in [-0.15, -0.1) is 0 Å². The highest BCUT2D eigenvalue weighted by molar-refractivity contribution is 5.97. The summed E-state index contributed by atoms with van der Waals surface area (Å²) in [5.74, 6) is -0.647. The molecule has 2 aliphatic heterocycles. The molecule has 0 radical (unpaired) electrons. The SMILES string of the molecule is CC(C)CC[C@H]1OC(C)(C)O[C@]1(C)[C@H]1CC[C@@]2(O)C3=CC(=O)[C@@H]4C[C@H]5OC(C)(C)O[C@H]5C[C@]4(C)C3=CC[C@]12C. The van der Waals surface area contributed by atoms with Crippen molar-refractivity contribution in [3.8, 4) is 0 Å². The van der Waals surface area contributed by atoms with Crippen LogP contribution in [0.25, 0.3) is 0 Å². The lowest BCUT2D eigenvalue weighted by Gasteiger charge is -2.57. The molecule has 6 nitrogen and oxygen atoms in total. The molecular formula is C33H50O6. The number of hydrogen-bond donors (Lipinski definition) is 1. The van der Waals surface area contributed by atoms with Crippen molar-refractivity contribution in [2.24, 2.45) is 28.6 Å². The highest BCUT2D eigenvalue weighted by Gasteiger charge is 2.70. The molecule has 2 saturated carbocycles. The minimum absolute atomic E-state index is 0.0357. The molecule has 39 heavy (non-hydrogen) atoms. The van der Waals surface area contributed by atoms with E-state index in [-0.39, 0.29) is 41.3 Å². The normalized spacial score (nSPS) is 49.7. The third-order valence-electron chi connectivity index (χ3n) is 11.6. The standard InChI is InChI=1S/C33H50O6/c1-19(2)10-11-27-32(9,39-29(5,6)38-27)26-13-15-33(35)21-16-23(34)22-17-24-25(37-28(3,4)36-24)18-30(22,7)20(21)12-14-31(26,33)8/h12,16,19,22,24-27,35H,10-11,13-15,17-18H2,1-9H3/t22-,24+,25-,26-,27+,30+,31+,32+,33+/m0/s1. The first-order valence-electron chi connectivity index (χ1n) is 15.4. The topological polar surface area (TPSA) is 74.2 Å². The van der Waals surface area contributed by atoms with Crippen molar-refractivity contribution in [2.45, 2.75) is 148 Å². The maximum atomic E-state index is 13.8. The van der Waals surface area contributed by atoms with Gasteiger partial charge in [-0.1, -0.05) is 33.8 Å². The van der Waals surface area contributed by atoms with Crippen LogP contribution < -0.4 is 0 Å². The van der Waals surface area contributed by atoms with Gasteiger partial charge in [0.05, 0.1) is 29.5 Å². The molecule has 0 aromatic carbocycles. The smallest absolute Gasteiger partial charge is 0.164 e. The highest BCUT2D eigenvalue weighted by Crippen LogP contribution is 2.68. The predicted molar refractivity (Wildman–Crippen MR) is 149 cm³/mol. The Morgan fingerprint density at radius 3 is 2.36 bits per heavy atom. The fourth-order valence-corrected chi connectivity index (χ4v) is 9.81. The fourth-order valence-electron chi connectivity index (χ4n) is 9.81. The van der Waals surface area contributed by atoms with Crippen LogP contribution in [0.3, 0.4) is 0 Å². The average molecular weight is 543 g/mol. The summed E-state index contributed by atoms with van der Waals surface area (Å²) < 4.78 is 25.8. The van der Waals surface area contributed by atoms with Crippen LogP contribution in [-0.4, -0.2) is 52.0 Å². The minimum Gasteiger partial charge on any atom is -0.385 e. The second kappa shape index (κ2) is 8.50. The van der Waals surface area contributed by atoms with E-state index >= 15 is 0 Å². The maximum Gasteiger partial charge on any atom is 0.164 e. The van der Waals surface area contributed by atoms with Crippen molar-refractivity contribution in [3.63, 3.8) is 0 Å². The second-order valence-corrected chi connectivity index (χ2v) is 15.5. The second-order valence-electron chi connectivity index (χ2n) is 15.5. The van der Waals surface area contributed by atoms with E-state index in [1.807, 2.05) is 27.7 Å². The van der Waals surface area contributed by atoms with Crippen molar-refractivity contribution in [1.82, 2.24) is 0 Å². The van der Waals surface area contributed by atoms with Gasteiger partial charge in [-0.05, 0) is 109 Å². The molecule has 6 heteroatoms. The number of carbonyl (C=O) groups excluding carboxylic acids is 1. The highest BCUT2D eigenvalue weighted by atomic mass is 16.8. The molecular weight excluding hydrogens is 492 g/mol. The summed E-state index contributed by atoms with van der Waals surface area (Å²) >= 11 is 0. The Labute approximate surface area is 234 Å². The number of ketones is 1. The van der Waals surface area contributed by atoms with Crippen LogP contribution in [-0.2, 0) is 23.7 Å². The van der Waals surface area contributed by atoms with Gasteiger partial charge >= 0.3 is 0 Å².